The second-order valence-corrected chi connectivity index (χ2v) is 10.4. The van der Waals surface area contributed by atoms with E-state index in [9.17, 15) is 24.9 Å². The maximum atomic E-state index is 13.5. The zero-order valence-electron chi connectivity index (χ0n) is 21.9. The molecule has 11 heteroatoms. The number of hydrogen-bond donors (Lipinski definition) is 3. The molecule has 0 saturated carbocycles. The summed E-state index contributed by atoms with van der Waals surface area (Å²) in [7, 11) is -1.61. The van der Waals surface area contributed by atoms with Crippen molar-refractivity contribution in [1.29, 1.82) is 5.26 Å². The standard InChI is InChI=1S/C26H37BN4O6/c1-25(2,30-12-14-36-15-13-30)16-21(18-28)23(32)31-11-7-10-26(31,3)19-37-24(33)29-22(17-27(34)35)20-8-5-4-6-9-20/h4-6,8-9,16,22,34-35H,7,10-15,17,19H2,1-3H3,(H,29,33)/t22-,26-/m1/s1. The molecule has 200 valence electrons. The van der Waals surface area contributed by atoms with Crippen LogP contribution in [-0.4, -0.2) is 89.5 Å². The van der Waals surface area contributed by atoms with Gasteiger partial charge in [-0.25, -0.2) is 4.79 Å². The molecule has 0 radical (unpaired) electrons. The van der Waals surface area contributed by atoms with E-state index in [1.54, 1.807) is 35.2 Å². The number of ether oxygens (including phenoxy) is 2. The Balaban J connectivity index is 1.67. The summed E-state index contributed by atoms with van der Waals surface area (Å²) in [6.45, 7) is 8.87. The second kappa shape index (κ2) is 12.6. The van der Waals surface area contributed by atoms with Crippen molar-refractivity contribution >= 4 is 19.1 Å². The quantitative estimate of drug-likeness (QED) is 0.259. The lowest BCUT2D eigenvalue weighted by Crippen LogP contribution is -2.51. The topological polar surface area (TPSA) is 135 Å². The van der Waals surface area contributed by atoms with Crippen LogP contribution in [0.5, 0.6) is 0 Å². The molecule has 2 atom stereocenters. The molecule has 2 heterocycles. The van der Waals surface area contributed by atoms with Crippen molar-refractivity contribution in [2.75, 3.05) is 39.5 Å². The predicted octanol–water partition coefficient (Wildman–Crippen LogP) is 1.87. The van der Waals surface area contributed by atoms with Gasteiger partial charge >= 0.3 is 13.2 Å². The molecule has 2 saturated heterocycles. The number of hydrogen-bond acceptors (Lipinski definition) is 8. The van der Waals surface area contributed by atoms with E-state index in [1.807, 2.05) is 26.8 Å². The summed E-state index contributed by atoms with van der Waals surface area (Å²) < 4.78 is 10.9. The minimum absolute atomic E-state index is 0.0562. The minimum Gasteiger partial charge on any atom is -0.447 e. The van der Waals surface area contributed by atoms with Gasteiger partial charge in [-0.05, 0) is 45.3 Å². The fourth-order valence-electron chi connectivity index (χ4n) is 4.97. The summed E-state index contributed by atoms with van der Waals surface area (Å²) in [5.41, 5.74) is -0.495. The SMILES string of the molecule is CC(C)(C=C(C#N)C(=O)N1CCC[C@]1(C)COC(=O)N[C@H](CB(O)O)c1ccccc1)N1CCOCC1. The Morgan fingerprint density at radius 3 is 2.57 bits per heavy atom. The fraction of sp³-hybridized carbons (Fsp3) is 0.577. The third-order valence-electron chi connectivity index (χ3n) is 7.12. The molecule has 0 aliphatic carbocycles. The first-order chi connectivity index (χ1) is 17.6. The summed E-state index contributed by atoms with van der Waals surface area (Å²) in [4.78, 5) is 29.9. The number of nitrogens with zero attached hydrogens (tertiary/aromatic N) is 3. The van der Waals surface area contributed by atoms with Gasteiger partial charge in [0.15, 0.2) is 0 Å². The minimum atomic E-state index is -1.61. The molecule has 10 nitrogen and oxygen atoms in total. The molecular weight excluding hydrogens is 475 g/mol. The van der Waals surface area contributed by atoms with Crippen LogP contribution in [0.3, 0.4) is 0 Å². The average molecular weight is 512 g/mol. The smallest absolute Gasteiger partial charge is 0.447 e. The van der Waals surface area contributed by atoms with Crippen molar-refractivity contribution in [3.05, 3.63) is 47.5 Å². The molecule has 3 rings (SSSR count). The van der Waals surface area contributed by atoms with Crippen LogP contribution in [0.15, 0.2) is 42.0 Å². The van der Waals surface area contributed by atoms with Gasteiger partial charge in [-0.2, -0.15) is 5.26 Å². The molecular formula is C26H37BN4O6. The third kappa shape index (κ3) is 7.55. The van der Waals surface area contributed by atoms with E-state index in [0.717, 1.165) is 19.5 Å². The Bertz CT molecular complexity index is 1010. The molecule has 1 aromatic rings. The Morgan fingerprint density at radius 2 is 1.95 bits per heavy atom. The van der Waals surface area contributed by atoms with Crippen molar-refractivity contribution in [2.45, 2.75) is 57.1 Å². The maximum absolute atomic E-state index is 13.5. The van der Waals surface area contributed by atoms with Crippen LogP contribution in [0, 0.1) is 11.3 Å². The van der Waals surface area contributed by atoms with Crippen LogP contribution < -0.4 is 5.32 Å². The predicted molar refractivity (Wildman–Crippen MR) is 138 cm³/mol. The van der Waals surface area contributed by atoms with E-state index in [4.69, 9.17) is 9.47 Å². The van der Waals surface area contributed by atoms with E-state index in [0.29, 0.717) is 31.7 Å². The second-order valence-electron chi connectivity index (χ2n) is 10.4. The van der Waals surface area contributed by atoms with Crippen LogP contribution >= 0.6 is 0 Å². The molecule has 2 amide bonds. The number of likely N-dealkylation sites (tertiary alicyclic amines) is 1. The highest BCUT2D eigenvalue weighted by molar-refractivity contribution is 6.41. The van der Waals surface area contributed by atoms with Crippen molar-refractivity contribution < 1.29 is 29.1 Å². The number of rotatable bonds is 9. The van der Waals surface area contributed by atoms with Crippen LogP contribution in [-0.2, 0) is 14.3 Å². The van der Waals surface area contributed by atoms with Crippen LogP contribution in [0.25, 0.3) is 0 Å². The lowest BCUT2D eigenvalue weighted by Gasteiger charge is -2.39. The third-order valence-corrected chi connectivity index (χ3v) is 7.12. The molecule has 2 aliphatic heterocycles. The van der Waals surface area contributed by atoms with Gasteiger partial charge in [0.1, 0.15) is 18.2 Å². The lowest BCUT2D eigenvalue weighted by molar-refractivity contribution is -0.131. The number of amides is 2. The van der Waals surface area contributed by atoms with Gasteiger partial charge in [0, 0.05) is 31.5 Å². The van der Waals surface area contributed by atoms with Crippen molar-refractivity contribution in [3.8, 4) is 6.07 Å². The molecule has 1 aromatic carbocycles. The van der Waals surface area contributed by atoms with Crippen molar-refractivity contribution in [3.63, 3.8) is 0 Å². The van der Waals surface area contributed by atoms with Crippen molar-refractivity contribution in [1.82, 2.24) is 15.1 Å². The van der Waals surface area contributed by atoms with Gasteiger partial charge in [-0.3, -0.25) is 9.69 Å². The molecule has 2 fully saturated rings. The molecule has 0 spiro atoms. The van der Waals surface area contributed by atoms with E-state index in [2.05, 4.69) is 16.3 Å². The average Bonchev–Trinajstić information content (AvgIpc) is 3.27. The molecule has 0 unspecified atom stereocenters. The number of nitriles is 1. The number of morpholine rings is 1. The Labute approximate surface area is 219 Å². The summed E-state index contributed by atoms with van der Waals surface area (Å²) in [6, 6.07) is 10.4. The van der Waals surface area contributed by atoms with E-state index in [1.165, 1.54) is 0 Å². The highest BCUT2D eigenvalue weighted by Gasteiger charge is 2.42. The first-order valence-corrected chi connectivity index (χ1v) is 12.7. The number of benzene rings is 1. The van der Waals surface area contributed by atoms with Crippen LogP contribution in [0.4, 0.5) is 4.79 Å². The normalized spacial score (nSPS) is 21.7. The number of nitrogens with one attached hydrogen (secondary N) is 1. The summed E-state index contributed by atoms with van der Waals surface area (Å²) in [5.74, 6) is -0.376. The number of carbonyl (C=O) groups excluding carboxylic acids is 2. The Hall–Kier alpha value is -2.91. The number of carbonyl (C=O) groups is 2. The Kier molecular flexibility index (Phi) is 9.73. The van der Waals surface area contributed by atoms with Gasteiger partial charge in [0.05, 0.1) is 24.8 Å². The first kappa shape index (κ1) is 28.7. The van der Waals surface area contributed by atoms with Gasteiger partial charge in [0.2, 0.25) is 0 Å². The fourth-order valence-corrected chi connectivity index (χ4v) is 4.97. The zero-order chi connectivity index (χ0) is 27.1. The van der Waals surface area contributed by atoms with E-state index < -0.39 is 30.3 Å². The first-order valence-electron chi connectivity index (χ1n) is 12.7. The zero-order valence-corrected chi connectivity index (χ0v) is 21.9. The molecule has 0 aromatic heterocycles. The summed E-state index contributed by atoms with van der Waals surface area (Å²) in [6.07, 6.45) is 2.24. The highest BCUT2D eigenvalue weighted by atomic mass is 16.5. The van der Waals surface area contributed by atoms with Crippen LogP contribution in [0.2, 0.25) is 6.32 Å². The largest absolute Gasteiger partial charge is 0.453 e. The summed E-state index contributed by atoms with van der Waals surface area (Å²) in [5, 5.41) is 31.4. The molecule has 37 heavy (non-hydrogen) atoms. The monoisotopic (exact) mass is 512 g/mol. The maximum Gasteiger partial charge on any atom is 0.453 e. The van der Waals surface area contributed by atoms with Gasteiger partial charge in [-0.15, -0.1) is 0 Å². The van der Waals surface area contributed by atoms with Gasteiger partial charge < -0.3 is 29.7 Å². The van der Waals surface area contributed by atoms with Gasteiger partial charge in [0.25, 0.3) is 5.91 Å². The van der Waals surface area contributed by atoms with Crippen molar-refractivity contribution in [2.24, 2.45) is 0 Å². The van der Waals surface area contributed by atoms with Crippen LogP contribution in [0.1, 0.15) is 45.2 Å². The highest BCUT2D eigenvalue weighted by Crippen LogP contribution is 2.32. The van der Waals surface area contributed by atoms with E-state index in [-0.39, 0.29) is 24.4 Å². The lowest BCUT2D eigenvalue weighted by atomic mass is 9.79. The van der Waals surface area contributed by atoms with E-state index >= 15 is 0 Å². The summed E-state index contributed by atoms with van der Waals surface area (Å²) >= 11 is 0. The Morgan fingerprint density at radius 1 is 1.27 bits per heavy atom. The number of alkyl carbamates (subject to hydrolysis) is 1. The molecule has 3 N–H and O–H groups in total. The molecule has 0 bridgehead atoms. The van der Waals surface area contributed by atoms with Gasteiger partial charge in [-0.1, -0.05) is 30.3 Å². The molecule has 2 aliphatic rings.